The molecule has 185 valence electrons. The smallest absolute Gasteiger partial charge is 0.550 e. The molecule has 1 radical (unpaired) electrons. The Morgan fingerprint density at radius 3 is 0.645 bits per heavy atom. The van der Waals surface area contributed by atoms with Gasteiger partial charge >= 0.3 is 17.1 Å². The van der Waals surface area contributed by atoms with Gasteiger partial charge in [-0.2, -0.15) is 0 Å². The predicted octanol–water partition coefficient (Wildman–Crippen LogP) is -10.2. The third-order valence-corrected chi connectivity index (χ3v) is 1.90. The van der Waals surface area contributed by atoms with Crippen LogP contribution in [0.3, 0.4) is 0 Å². The van der Waals surface area contributed by atoms with Crippen molar-refractivity contribution in [3.63, 3.8) is 0 Å². The molecule has 18 nitrogen and oxygen atoms in total. The van der Waals surface area contributed by atoms with Gasteiger partial charge in [-0.05, 0) is 0 Å². The summed E-state index contributed by atoms with van der Waals surface area (Å²) in [5.41, 5.74) is 0. The topological polar surface area (TPSA) is 411 Å². The molecule has 3 atom stereocenters. The van der Waals surface area contributed by atoms with Crippen molar-refractivity contribution < 1.29 is 91.8 Å². The van der Waals surface area contributed by atoms with E-state index in [0.717, 1.165) is 0 Å². The summed E-state index contributed by atoms with van der Waals surface area (Å²) in [7, 11) is 0. The van der Waals surface area contributed by atoms with E-state index >= 15 is 0 Å². The van der Waals surface area contributed by atoms with Crippen molar-refractivity contribution in [1.29, 1.82) is 0 Å². The largest absolute Gasteiger partial charge is 3.00 e. The van der Waals surface area contributed by atoms with Crippen LogP contribution in [0.2, 0.25) is 0 Å². The number of aliphatic hydroxyl groups excluding tert-OH is 3. The molecule has 0 aromatic heterocycles. The third-order valence-electron chi connectivity index (χ3n) is 1.90. The zero-order valence-corrected chi connectivity index (χ0v) is 17.6. The summed E-state index contributed by atoms with van der Waals surface area (Å²) in [6, 6.07) is 0. The second kappa shape index (κ2) is 25.1. The van der Waals surface area contributed by atoms with Crippen molar-refractivity contribution in [3.05, 3.63) is 0 Å². The fraction of sp³-hybridized carbons (Fsp3) is 0.500. The van der Waals surface area contributed by atoms with Crippen LogP contribution in [0.1, 0.15) is 19.3 Å². The van der Waals surface area contributed by atoms with Crippen molar-refractivity contribution in [2.75, 3.05) is 0 Å². The van der Waals surface area contributed by atoms with Crippen LogP contribution in [-0.2, 0) is 45.8 Å². The van der Waals surface area contributed by atoms with Crippen LogP contribution in [0.4, 0.5) is 0 Å². The Bertz CT molecular complexity index is 483. The molecule has 0 saturated carbocycles. The molecular formula is C12H24FeN3O15. The zero-order chi connectivity index (χ0) is 22.3. The molecule has 19 heteroatoms. The summed E-state index contributed by atoms with van der Waals surface area (Å²) in [5, 5.41) is 82.0. The van der Waals surface area contributed by atoms with E-state index < -0.39 is 73.4 Å². The monoisotopic (exact) mass is 506 g/mol. The van der Waals surface area contributed by atoms with Crippen LogP contribution in [-0.4, -0.2) is 69.4 Å². The normalized spacial score (nSPS) is 10.9. The minimum absolute atomic E-state index is 0. The molecule has 0 bridgehead atoms. The van der Waals surface area contributed by atoms with Gasteiger partial charge in [0.1, 0.15) is 0 Å². The molecule has 0 saturated heterocycles. The molecule has 15 N–H and O–H groups in total. The Morgan fingerprint density at radius 1 is 0.484 bits per heavy atom. The van der Waals surface area contributed by atoms with Gasteiger partial charge < -0.3 is 93.2 Å². The molecule has 0 amide bonds. The van der Waals surface area contributed by atoms with Gasteiger partial charge in [-0.1, -0.05) is 0 Å². The van der Waals surface area contributed by atoms with E-state index in [-0.39, 0.29) is 35.5 Å². The zero-order valence-electron chi connectivity index (χ0n) is 16.4. The average Bonchev–Trinajstić information content (AvgIpc) is 2.46. The summed E-state index contributed by atoms with van der Waals surface area (Å²) in [4.78, 5) is 57.4. The molecule has 3 unspecified atom stereocenters. The fourth-order valence-electron chi connectivity index (χ4n) is 0.724. The van der Waals surface area contributed by atoms with Crippen LogP contribution in [0.5, 0.6) is 0 Å². The first-order valence-electron chi connectivity index (χ1n) is 6.38. The Labute approximate surface area is 184 Å². The van der Waals surface area contributed by atoms with Crippen molar-refractivity contribution in [3.8, 4) is 0 Å². The van der Waals surface area contributed by atoms with Crippen LogP contribution in [0, 0.1) is 0 Å². The SMILES string of the molecule is O=C([O-])CC(O)C(=O)[O-].O=C([O-])CC(O)C(=O)[O-].O=C([O-])CC(O)C(=O)[O-].[Fe+3].[NH4+].[NH4+].[NH4+]. The number of quaternary nitrogens is 3. The fourth-order valence-corrected chi connectivity index (χ4v) is 0.724. The number of aliphatic hydroxyl groups is 3. The van der Waals surface area contributed by atoms with E-state index in [0.29, 0.717) is 0 Å². The van der Waals surface area contributed by atoms with Crippen molar-refractivity contribution in [1.82, 2.24) is 18.5 Å². The van der Waals surface area contributed by atoms with Gasteiger partial charge in [-0.15, -0.1) is 0 Å². The van der Waals surface area contributed by atoms with E-state index in [2.05, 4.69) is 0 Å². The van der Waals surface area contributed by atoms with Crippen molar-refractivity contribution in [2.45, 2.75) is 37.6 Å². The van der Waals surface area contributed by atoms with Crippen LogP contribution >= 0.6 is 0 Å². The molecule has 0 heterocycles. The molecule has 0 aromatic carbocycles. The number of hydrogen-bond acceptors (Lipinski definition) is 15. The minimum Gasteiger partial charge on any atom is -0.550 e. The molecule has 0 aliphatic heterocycles. The van der Waals surface area contributed by atoms with E-state index in [1.807, 2.05) is 0 Å². The molecule has 0 rings (SSSR count). The molecule has 0 spiro atoms. The Morgan fingerprint density at radius 2 is 0.613 bits per heavy atom. The maximum absolute atomic E-state index is 9.58. The van der Waals surface area contributed by atoms with Gasteiger partial charge in [0.05, 0.1) is 36.2 Å². The number of rotatable bonds is 9. The second-order valence-corrected chi connectivity index (χ2v) is 4.23. The number of carboxylic acids is 6. The quantitative estimate of drug-likeness (QED) is 0.158. The third kappa shape index (κ3) is 38.3. The van der Waals surface area contributed by atoms with E-state index in [9.17, 15) is 59.4 Å². The molecule has 31 heavy (non-hydrogen) atoms. The number of hydrogen-bond donors (Lipinski definition) is 6. The number of carboxylic acid groups (broad SMARTS) is 6. The van der Waals surface area contributed by atoms with Gasteiger partial charge in [0.25, 0.3) is 0 Å². The Hall–Kier alpha value is -2.90. The maximum atomic E-state index is 9.58. The second-order valence-electron chi connectivity index (χ2n) is 4.23. The molecular weight excluding hydrogens is 482 g/mol. The Kier molecular flexibility index (Phi) is 37.6. The molecule has 0 fully saturated rings. The number of aliphatic carboxylic acids is 6. The van der Waals surface area contributed by atoms with Crippen LogP contribution in [0.25, 0.3) is 0 Å². The first kappa shape index (κ1) is 46.4. The predicted molar refractivity (Wildman–Crippen MR) is 79.9 cm³/mol. The number of carbonyl (C=O) groups excluding carboxylic acids is 6. The van der Waals surface area contributed by atoms with Gasteiger partial charge in [-0.3, -0.25) is 0 Å². The van der Waals surface area contributed by atoms with Crippen LogP contribution < -0.4 is 49.1 Å². The summed E-state index contributed by atoms with van der Waals surface area (Å²) in [6.07, 6.45) is -8.67. The first-order valence-corrected chi connectivity index (χ1v) is 6.38. The standard InChI is InChI=1S/3C4H6O5.Fe.3H3N/c3*5-2(4(8)9)1-3(6)7;;;;/h3*2,5H,1H2,(H,6,7)(H,8,9);;3*1H3/q;;;+3;;;/p-3. The summed E-state index contributed by atoms with van der Waals surface area (Å²) < 4.78 is 0. The molecule has 0 aromatic rings. The molecule has 0 aliphatic rings. The average molecular weight is 506 g/mol. The van der Waals surface area contributed by atoms with E-state index in [1.54, 1.807) is 0 Å². The van der Waals surface area contributed by atoms with Gasteiger partial charge in [0.2, 0.25) is 0 Å². The van der Waals surface area contributed by atoms with Crippen LogP contribution in [0.15, 0.2) is 0 Å². The Balaban J connectivity index is -0.0000000524. The van der Waals surface area contributed by atoms with E-state index in [4.69, 9.17) is 15.3 Å². The summed E-state index contributed by atoms with van der Waals surface area (Å²) in [5.74, 6) is -10.3. The van der Waals surface area contributed by atoms with Gasteiger partial charge in [-0.25, -0.2) is 0 Å². The van der Waals surface area contributed by atoms with Crippen molar-refractivity contribution >= 4 is 35.8 Å². The van der Waals surface area contributed by atoms with E-state index in [1.165, 1.54) is 0 Å². The number of carbonyl (C=O) groups is 6. The molecule has 0 aliphatic carbocycles. The summed E-state index contributed by atoms with van der Waals surface area (Å²) in [6.45, 7) is 0. The first-order chi connectivity index (χ1) is 12.1. The van der Waals surface area contributed by atoms with Gasteiger partial charge in [0, 0.05) is 37.2 Å². The maximum Gasteiger partial charge on any atom is 3.00 e. The summed E-state index contributed by atoms with van der Waals surface area (Å²) >= 11 is 0. The van der Waals surface area contributed by atoms with Crippen molar-refractivity contribution in [2.24, 2.45) is 0 Å². The van der Waals surface area contributed by atoms with Gasteiger partial charge in [0.15, 0.2) is 0 Å². The minimum atomic E-state index is -1.96.